The second kappa shape index (κ2) is 9.19. The van der Waals surface area contributed by atoms with Crippen LogP contribution in [0.5, 0.6) is 0 Å². The summed E-state index contributed by atoms with van der Waals surface area (Å²) >= 11 is 0. The number of pyridine rings is 1. The Kier molecular flexibility index (Phi) is 5.99. The molecule has 2 aromatic carbocycles. The third kappa shape index (κ3) is 4.14. The number of amides is 3. The first-order chi connectivity index (χ1) is 19.0. The van der Waals surface area contributed by atoms with E-state index in [4.69, 9.17) is 5.73 Å². The molecule has 3 aliphatic rings. The number of nitrogens with one attached hydrogen (secondary N) is 2. The van der Waals surface area contributed by atoms with Crippen molar-refractivity contribution in [1.82, 2.24) is 9.88 Å². The van der Waals surface area contributed by atoms with Gasteiger partial charge in [0.15, 0.2) is 0 Å². The zero-order chi connectivity index (χ0) is 28.4. The minimum absolute atomic E-state index is 0.0905. The molecule has 40 heavy (non-hydrogen) atoms. The SMILES string of the molecule is CC1(C)C(=O)N(CC(=O)Nc2ccc3c(c2)CC2(C3)C(=O)Nc3ncccc32)[C@H](c2cc(F)cc(F)c2)C[C@@H]1N. The van der Waals surface area contributed by atoms with Gasteiger partial charge in [0.05, 0.1) is 16.9 Å². The van der Waals surface area contributed by atoms with Gasteiger partial charge in [-0.2, -0.15) is 0 Å². The number of hydrogen-bond acceptors (Lipinski definition) is 5. The Morgan fingerprint density at radius 2 is 1.82 bits per heavy atom. The van der Waals surface area contributed by atoms with E-state index in [-0.39, 0.29) is 30.3 Å². The van der Waals surface area contributed by atoms with Crippen molar-refractivity contribution < 1.29 is 23.2 Å². The number of nitrogens with zero attached hydrogens (tertiary/aromatic N) is 2. The first kappa shape index (κ1) is 26.1. The van der Waals surface area contributed by atoms with Gasteiger partial charge >= 0.3 is 0 Å². The molecule has 0 saturated carbocycles. The summed E-state index contributed by atoms with van der Waals surface area (Å²) in [6.07, 6.45) is 2.89. The number of hydrogen-bond donors (Lipinski definition) is 3. The molecule has 8 nitrogen and oxygen atoms in total. The number of rotatable bonds is 4. The van der Waals surface area contributed by atoms with Gasteiger partial charge in [-0.1, -0.05) is 12.1 Å². The first-order valence-electron chi connectivity index (χ1n) is 13.2. The quantitative estimate of drug-likeness (QED) is 0.463. The molecule has 1 saturated heterocycles. The summed E-state index contributed by atoms with van der Waals surface area (Å²) in [5, 5.41) is 5.74. The molecular weight excluding hydrogens is 516 g/mol. The summed E-state index contributed by atoms with van der Waals surface area (Å²) in [6.45, 7) is 3.09. The summed E-state index contributed by atoms with van der Waals surface area (Å²) in [5.41, 5.74) is 8.20. The molecule has 1 aromatic heterocycles. The van der Waals surface area contributed by atoms with Crippen LogP contribution in [0.2, 0.25) is 0 Å². The van der Waals surface area contributed by atoms with Crippen molar-refractivity contribution in [2.75, 3.05) is 17.2 Å². The summed E-state index contributed by atoms with van der Waals surface area (Å²) in [7, 11) is 0. The lowest BCUT2D eigenvalue weighted by atomic mass is 9.75. The average Bonchev–Trinajstić information content (AvgIpc) is 3.41. The van der Waals surface area contributed by atoms with Crippen LogP contribution in [0.3, 0.4) is 0 Å². The summed E-state index contributed by atoms with van der Waals surface area (Å²) < 4.78 is 28.1. The fourth-order valence-corrected chi connectivity index (χ4v) is 6.30. The van der Waals surface area contributed by atoms with Crippen LogP contribution in [0.4, 0.5) is 20.3 Å². The Morgan fingerprint density at radius 1 is 1.10 bits per heavy atom. The maximum Gasteiger partial charge on any atom is 0.244 e. The van der Waals surface area contributed by atoms with Gasteiger partial charge in [0, 0.05) is 29.6 Å². The summed E-state index contributed by atoms with van der Waals surface area (Å²) in [5.74, 6) is -1.87. The minimum Gasteiger partial charge on any atom is -0.327 e. The van der Waals surface area contributed by atoms with Crippen LogP contribution in [0.25, 0.3) is 0 Å². The molecule has 3 atom stereocenters. The first-order valence-corrected chi connectivity index (χ1v) is 13.2. The standard InChI is InChI=1S/C30H29F2N5O3/c1-29(2)24(33)12-23(17-8-19(31)11-20(32)9-17)37(28(29)40)15-25(38)35-21-6-5-16-13-30(14-18(16)10-21)22-4-3-7-34-26(22)36-27(30)39/h3-11,23-24H,12-15,33H2,1-2H3,(H,35,38)(H,34,36,39)/t23-,24-,30?/m0/s1. The van der Waals surface area contributed by atoms with Gasteiger partial charge in [-0.25, -0.2) is 13.8 Å². The van der Waals surface area contributed by atoms with Gasteiger partial charge in [0.25, 0.3) is 0 Å². The highest BCUT2D eigenvalue weighted by Crippen LogP contribution is 2.47. The lowest BCUT2D eigenvalue weighted by molar-refractivity contribution is -0.151. The molecule has 0 radical (unpaired) electrons. The molecule has 6 rings (SSSR count). The van der Waals surface area contributed by atoms with Gasteiger partial charge in [-0.15, -0.1) is 0 Å². The van der Waals surface area contributed by atoms with Crippen LogP contribution in [-0.4, -0.2) is 40.2 Å². The molecule has 1 unspecified atom stereocenters. The Balaban J connectivity index is 1.23. The van der Waals surface area contributed by atoms with E-state index in [1.807, 2.05) is 24.3 Å². The van der Waals surface area contributed by atoms with Crippen LogP contribution in [0, 0.1) is 17.0 Å². The number of carbonyl (C=O) groups excluding carboxylic acids is 3. The molecule has 206 valence electrons. The van der Waals surface area contributed by atoms with Crippen molar-refractivity contribution in [1.29, 1.82) is 0 Å². The zero-order valence-corrected chi connectivity index (χ0v) is 22.1. The molecule has 1 spiro atoms. The number of halogens is 2. The molecule has 3 heterocycles. The molecule has 3 amide bonds. The smallest absolute Gasteiger partial charge is 0.244 e. The van der Waals surface area contributed by atoms with E-state index in [1.54, 1.807) is 26.1 Å². The van der Waals surface area contributed by atoms with Crippen LogP contribution >= 0.6 is 0 Å². The van der Waals surface area contributed by atoms with E-state index >= 15 is 0 Å². The Bertz CT molecular complexity index is 1550. The molecule has 10 heteroatoms. The Labute approximate surface area is 230 Å². The maximum absolute atomic E-state index is 14.0. The molecule has 1 aliphatic carbocycles. The molecular formula is C30H29F2N5O3. The highest BCUT2D eigenvalue weighted by atomic mass is 19.1. The normalized spacial score (nSPS) is 24.6. The van der Waals surface area contributed by atoms with E-state index in [0.717, 1.165) is 22.8 Å². The van der Waals surface area contributed by atoms with E-state index in [1.165, 1.54) is 17.0 Å². The highest BCUT2D eigenvalue weighted by molar-refractivity contribution is 6.06. The van der Waals surface area contributed by atoms with Crippen molar-refractivity contribution in [3.63, 3.8) is 0 Å². The number of aromatic nitrogens is 1. The van der Waals surface area contributed by atoms with Crippen molar-refractivity contribution >= 4 is 29.2 Å². The van der Waals surface area contributed by atoms with Crippen molar-refractivity contribution in [3.8, 4) is 0 Å². The largest absolute Gasteiger partial charge is 0.327 e. The lowest BCUT2D eigenvalue weighted by Gasteiger charge is -2.46. The zero-order valence-electron chi connectivity index (χ0n) is 22.1. The molecule has 1 fully saturated rings. The highest BCUT2D eigenvalue weighted by Gasteiger charge is 2.51. The second-order valence-electron chi connectivity index (χ2n) is 11.5. The number of piperidine rings is 1. The third-order valence-electron chi connectivity index (χ3n) is 8.64. The summed E-state index contributed by atoms with van der Waals surface area (Å²) in [6, 6.07) is 11.0. The number of benzene rings is 2. The van der Waals surface area contributed by atoms with Gasteiger partial charge in [-0.05, 0) is 80.1 Å². The second-order valence-corrected chi connectivity index (χ2v) is 11.5. The van der Waals surface area contributed by atoms with Gasteiger partial charge in [-0.3, -0.25) is 14.4 Å². The van der Waals surface area contributed by atoms with Gasteiger partial charge < -0.3 is 21.3 Å². The number of anilines is 2. The molecule has 2 aliphatic heterocycles. The van der Waals surface area contributed by atoms with E-state index in [2.05, 4.69) is 15.6 Å². The molecule has 0 bridgehead atoms. The van der Waals surface area contributed by atoms with Crippen LogP contribution in [0.15, 0.2) is 54.7 Å². The topological polar surface area (TPSA) is 117 Å². The van der Waals surface area contributed by atoms with Crippen LogP contribution in [-0.2, 0) is 32.6 Å². The maximum atomic E-state index is 14.0. The van der Waals surface area contributed by atoms with Crippen LogP contribution in [0.1, 0.15) is 48.6 Å². The van der Waals surface area contributed by atoms with Crippen LogP contribution < -0.4 is 16.4 Å². The number of fused-ring (bicyclic) bond motifs is 3. The van der Waals surface area contributed by atoms with Crippen molar-refractivity contribution in [2.24, 2.45) is 11.1 Å². The van der Waals surface area contributed by atoms with E-state index < -0.39 is 40.5 Å². The lowest BCUT2D eigenvalue weighted by Crippen LogP contribution is -2.58. The number of likely N-dealkylation sites (tertiary alicyclic amines) is 1. The fourth-order valence-electron chi connectivity index (χ4n) is 6.30. The number of carbonyl (C=O) groups is 3. The van der Waals surface area contributed by atoms with Gasteiger partial charge in [0.1, 0.15) is 24.0 Å². The fraction of sp³-hybridized carbons (Fsp3) is 0.333. The monoisotopic (exact) mass is 545 g/mol. The third-order valence-corrected chi connectivity index (χ3v) is 8.64. The van der Waals surface area contributed by atoms with Crippen molar-refractivity contribution in [2.45, 2.75) is 50.6 Å². The van der Waals surface area contributed by atoms with Crippen molar-refractivity contribution in [3.05, 3.63) is 88.6 Å². The predicted octanol–water partition coefficient (Wildman–Crippen LogP) is 3.61. The van der Waals surface area contributed by atoms with E-state index in [9.17, 15) is 23.2 Å². The molecule has 3 aromatic rings. The summed E-state index contributed by atoms with van der Waals surface area (Å²) in [4.78, 5) is 45.3. The predicted molar refractivity (Wildman–Crippen MR) is 144 cm³/mol. The van der Waals surface area contributed by atoms with E-state index in [0.29, 0.717) is 24.3 Å². The Morgan fingerprint density at radius 3 is 2.58 bits per heavy atom. The Hall–Kier alpha value is -4.18. The number of nitrogens with two attached hydrogens (primary N) is 1. The average molecular weight is 546 g/mol. The molecule has 4 N–H and O–H groups in total. The van der Waals surface area contributed by atoms with Gasteiger partial charge in [0.2, 0.25) is 17.7 Å². The minimum atomic E-state index is -0.961.